The summed E-state index contributed by atoms with van der Waals surface area (Å²) < 4.78 is 38.3. The second-order valence-electron chi connectivity index (χ2n) is 3.17. The normalized spacial score (nSPS) is 13.6. The van der Waals surface area contributed by atoms with Crippen molar-refractivity contribution >= 4 is 37.6 Å². The van der Waals surface area contributed by atoms with Crippen molar-refractivity contribution in [2.24, 2.45) is 0 Å². The van der Waals surface area contributed by atoms with Crippen LogP contribution in [-0.4, -0.2) is 10.6 Å². The average molecular weight is 360 g/mol. The Morgan fingerprint density at radius 1 is 1.38 bits per heavy atom. The van der Waals surface area contributed by atoms with Gasteiger partial charge in [-0.2, -0.15) is 13.2 Å². The van der Waals surface area contributed by atoms with Crippen molar-refractivity contribution in [1.29, 1.82) is 0 Å². The van der Waals surface area contributed by atoms with Gasteiger partial charge in [-0.05, 0) is 25.1 Å². The molecule has 0 aliphatic heterocycles. The molecular weight excluding hydrogens is 353 g/mol. The molecule has 1 unspecified atom stereocenters. The van der Waals surface area contributed by atoms with Crippen LogP contribution in [0.25, 0.3) is 0 Å². The number of hydrogen-bond donors (Lipinski definition) is 0. The van der Waals surface area contributed by atoms with Crippen LogP contribution in [0.2, 0.25) is 0 Å². The standard InChI is InChI=1S/C10H7Br2F3O/c1-5(11)9(16)7-3-2-6(12)4-8(7)10(13,14)15/h2-5H,1H3. The molecule has 0 bridgehead atoms. The molecule has 16 heavy (non-hydrogen) atoms. The first kappa shape index (κ1) is 13.7. The molecule has 1 rings (SSSR count). The Bertz CT molecular complexity index is 413. The minimum atomic E-state index is -4.53. The van der Waals surface area contributed by atoms with Crippen LogP contribution in [0.4, 0.5) is 13.2 Å². The molecule has 0 N–H and O–H groups in total. The molecule has 0 radical (unpaired) electrons. The van der Waals surface area contributed by atoms with Gasteiger partial charge in [0.1, 0.15) is 0 Å². The Balaban J connectivity index is 3.34. The van der Waals surface area contributed by atoms with Gasteiger partial charge in [-0.1, -0.05) is 31.9 Å². The van der Waals surface area contributed by atoms with Gasteiger partial charge in [0.25, 0.3) is 0 Å². The molecule has 88 valence electrons. The molecule has 0 saturated heterocycles. The average Bonchev–Trinajstić information content (AvgIpc) is 2.15. The number of alkyl halides is 4. The maximum atomic E-state index is 12.7. The third-order valence-electron chi connectivity index (χ3n) is 1.91. The van der Waals surface area contributed by atoms with Crippen molar-refractivity contribution in [3.8, 4) is 0 Å². The molecule has 1 aromatic carbocycles. The second-order valence-corrected chi connectivity index (χ2v) is 5.46. The first-order chi connectivity index (χ1) is 7.23. The molecule has 1 atom stereocenters. The second kappa shape index (κ2) is 4.87. The predicted molar refractivity (Wildman–Crippen MR) is 61.9 cm³/mol. The molecular formula is C10H7Br2F3O. The molecule has 0 amide bonds. The lowest BCUT2D eigenvalue weighted by atomic mass is 10.0. The first-order valence-corrected chi connectivity index (χ1v) is 5.99. The molecule has 0 heterocycles. The van der Waals surface area contributed by atoms with Crippen LogP contribution < -0.4 is 0 Å². The van der Waals surface area contributed by atoms with Crippen LogP contribution >= 0.6 is 31.9 Å². The molecule has 0 spiro atoms. The monoisotopic (exact) mass is 358 g/mol. The van der Waals surface area contributed by atoms with Gasteiger partial charge in [0.2, 0.25) is 0 Å². The largest absolute Gasteiger partial charge is 0.417 e. The minimum Gasteiger partial charge on any atom is -0.293 e. The van der Waals surface area contributed by atoms with E-state index < -0.39 is 22.4 Å². The smallest absolute Gasteiger partial charge is 0.293 e. The van der Waals surface area contributed by atoms with E-state index >= 15 is 0 Å². The van der Waals surface area contributed by atoms with E-state index in [1.165, 1.54) is 19.1 Å². The van der Waals surface area contributed by atoms with Gasteiger partial charge < -0.3 is 0 Å². The van der Waals surface area contributed by atoms with Crippen molar-refractivity contribution in [1.82, 2.24) is 0 Å². The van der Waals surface area contributed by atoms with Crippen LogP contribution in [0, 0.1) is 0 Å². The maximum absolute atomic E-state index is 12.7. The van der Waals surface area contributed by atoms with Gasteiger partial charge >= 0.3 is 6.18 Å². The van der Waals surface area contributed by atoms with Crippen LogP contribution in [-0.2, 0) is 6.18 Å². The van der Waals surface area contributed by atoms with Crippen LogP contribution in [0.3, 0.4) is 0 Å². The summed E-state index contributed by atoms with van der Waals surface area (Å²) in [7, 11) is 0. The summed E-state index contributed by atoms with van der Waals surface area (Å²) in [6.07, 6.45) is -4.53. The molecule has 0 fully saturated rings. The predicted octanol–water partition coefficient (Wildman–Crippen LogP) is 4.43. The molecule has 0 aliphatic carbocycles. The summed E-state index contributed by atoms with van der Waals surface area (Å²) in [5.74, 6) is -0.583. The van der Waals surface area contributed by atoms with Crippen molar-refractivity contribution in [3.05, 3.63) is 33.8 Å². The van der Waals surface area contributed by atoms with E-state index in [9.17, 15) is 18.0 Å². The summed E-state index contributed by atoms with van der Waals surface area (Å²) >= 11 is 5.92. The van der Waals surface area contributed by atoms with E-state index in [1.807, 2.05) is 0 Å². The summed E-state index contributed by atoms with van der Waals surface area (Å²) in [6.45, 7) is 1.49. The van der Waals surface area contributed by atoms with E-state index in [2.05, 4.69) is 31.9 Å². The van der Waals surface area contributed by atoms with E-state index in [1.54, 1.807) is 0 Å². The van der Waals surface area contributed by atoms with Gasteiger partial charge in [-0.15, -0.1) is 0 Å². The molecule has 0 aromatic heterocycles. The fourth-order valence-electron chi connectivity index (χ4n) is 1.18. The number of Topliss-reactive ketones (excluding diaryl/α,β-unsaturated/α-hetero) is 1. The van der Waals surface area contributed by atoms with Gasteiger partial charge in [-0.3, -0.25) is 4.79 Å². The van der Waals surface area contributed by atoms with Crippen molar-refractivity contribution < 1.29 is 18.0 Å². The number of halogens is 5. The number of carbonyl (C=O) groups is 1. The van der Waals surface area contributed by atoms with Crippen LogP contribution in [0.15, 0.2) is 22.7 Å². The van der Waals surface area contributed by atoms with E-state index in [0.29, 0.717) is 4.47 Å². The first-order valence-electron chi connectivity index (χ1n) is 4.28. The number of carbonyl (C=O) groups excluding carboxylic acids is 1. The fourth-order valence-corrected chi connectivity index (χ4v) is 1.79. The molecule has 0 aliphatic rings. The Morgan fingerprint density at radius 3 is 2.38 bits per heavy atom. The zero-order chi connectivity index (χ0) is 12.5. The van der Waals surface area contributed by atoms with E-state index in [4.69, 9.17) is 0 Å². The van der Waals surface area contributed by atoms with Crippen molar-refractivity contribution in [2.45, 2.75) is 17.9 Å². The van der Waals surface area contributed by atoms with Gasteiger partial charge in [0.05, 0.1) is 10.4 Å². The lowest BCUT2D eigenvalue weighted by molar-refractivity contribution is -0.137. The summed E-state index contributed by atoms with van der Waals surface area (Å²) in [6, 6.07) is 3.49. The lowest BCUT2D eigenvalue weighted by Crippen LogP contribution is -2.17. The Kier molecular flexibility index (Phi) is 4.17. The van der Waals surface area contributed by atoms with Crippen molar-refractivity contribution in [3.63, 3.8) is 0 Å². The van der Waals surface area contributed by atoms with E-state index in [0.717, 1.165) is 6.07 Å². The fraction of sp³-hybridized carbons (Fsp3) is 0.300. The van der Waals surface area contributed by atoms with Crippen molar-refractivity contribution in [2.75, 3.05) is 0 Å². The zero-order valence-corrected chi connectivity index (χ0v) is 11.3. The topological polar surface area (TPSA) is 17.1 Å². The number of hydrogen-bond acceptors (Lipinski definition) is 1. The van der Waals surface area contributed by atoms with Crippen LogP contribution in [0.1, 0.15) is 22.8 Å². The highest BCUT2D eigenvalue weighted by atomic mass is 79.9. The highest BCUT2D eigenvalue weighted by Crippen LogP contribution is 2.34. The third-order valence-corrected chi connectivity index (χ3v) is 2.82. The van der Waals surface area contributed by atoms with E-state index in [-0.39, 0.29) is 5.56 Å². The Morgan fingerprint density at radius 2 is 1.94 bits per heavy atom. The number of rotatable bonds is 2. The maximum Gasteiger partial charge on any atom is 0.417 e. The SMILES string of the molecule is CC(Br)C(=O)c1ccc(Br)cc1C(F)(F)F. The highest BCUT2D eigenvalue weighted by molar-refractivity contribution is 9.10. The Labute approximate surface area is 107 Å². The zero-order valence-electron chi connectivity index (χ0n) is 8.11. The lowest BCUT2D eigenvalue weighted by Gasteiger charge is -2.13. The third kappa shape index (κ3) is 3.07. The van der Waals surface area contributed by atoms with Gasteiger partial charge in [0.15, 0.2) is 5.78 Å². The summed E-state index contributed by atoms with van der Waals surface area (Å²) in [5, 5.41) is 0. The molecule has 1 nitrogen and oxygen atoms in total. The quantitative estimate of drug-likeness (QED) is 0.563. The molecule has 6 heteroatoms. The molecule has 0 saturated carbocycles. The molecule has 1 aromatic rings. The highest BCUT2D eigenvalue weighted by Gasteiger charge is 2.35. The Hall–Kier alpha value is -0.360. The number of ketones is 1. The minimum absolute atomic E-state index is 0.290. The summed E-state index contributed by atoms with van der Waals surface area (Å²) in [4.78, 5) is 10.9. The summed E-state index contributed by atoms with van der Waals surface area (Å²) in [5.41, 5.74) is -1.24. The van der Waals surface area contributed by atoms with Gasteiger partial charge in [0, 0.05) is 10.0 Å². The number of benzene rings is 1. The van der Waals surface area contributed by atoms with Crippen LogP contribution in [0.5, 0.6) is 0 Å². The van der Waals surface area contributed by atoms with Gasteiger partial charge in [-0.25, -0.2) is 0 Å².